The average molecular weight is 320 g/mol. The minimum atomic E-state index is 0.815. The third-order valence-corrected chi connectivity index (χ3v) is 4.99. The molecule has 3 heterocycles. The van der Waals surface area contributed by atoms with Gasteiger partial charge in [0.25, 0.3) is 0 Å². The molecule has 1 aromatic carbocycles. The van der Waals surface area contributed by atoms with Crippen molar-refractivity contribution in [2.75, 3.05) is 13.1 Å². The fraction of sp³-hybridized carbons (Fsp3) is 0.400. The molecule has 3 aromatic rings. The Bertz CT molecular complexity index is 809. The molecule has 1 saturated heterocycles. The molecule has 1 aliphatic rings. The highest BCUT2D eigenvalue weighted by molar-refractivity contribution is 5.78. The average Bonchev–Trinajstić information content (AvgIpc) is 3.23. The molecule has 0 bridgehead atoms. The molecule has 4 rings (SSSR count). The van der Waals surface area contributed by atoms with E-state index in [1.54, 1.807) is 0 Å². The normalized spacial score (nSPS) is 18.5. The lowest BCUT2D eigenvalue weighted by Crippen LogP contribution is -2.20. The molecule has 2 aromatic heterocycles. The number of likely N-dealkylation sites (tertiary alicyclic amines) is 1. The molecule has 24 heavy (non-hydrogen) atoms. The number of pyridine rings is 1. The number of nitrogens with zero attached hydrogens (tertiary/aromatic N) is 3. The Hall–Kier alpha value is -2.20. The van der Waals surface area contributed by atoms with E-state index in [1.807, 2.05) is 24.4 Å². The number of aromatic amines is 1. The Labute approximate surface area is 142 Å². The number of aromatic nitrogens is 3. The minimum Gasteiger partial charge on any atom is -0.336 e. The zero-order chi connectivity index (χ0) is 16.4. The van der Waals surface area contributed by atoms with Gasteiger partial charge in [0.1, 0.15) is 5.82 Å². The fourth-order valence-corrected chi connectivity index (χ4v) is 3.77. The first-order valence-electron chi connectivity index (χ1n) is 8.95. The summed E-state index contributed by atoms with van der Waals surface area (Å²) < 4.78 is 0. The maximum atomic E-state index is 4.68. The molecule has 4 nitrogen and oxygen atoms in total. The Morgan fingerprint density at radius 2 is 2.08 bits per heavy atom. The first-order chi connectivity index (χ1) is 11.8. The van der Waals surface area contributed by atoms with E-state index >= 15 is 0 Å². The van der Waals surface area contributed by atoms with Crippen LogP contribution in [0.15, 0.2) is 42.6 Å². The predicted molar refractivity (Wildman–Crippen MR) is 97.6 cm³/mol. The molecule has 0 amide bonds. The van der Waals surface area contributed by atoms with Gasteiger partial charge in [0.15, 0.2) is 5.65 Å². The SMILES string of the molecule is CCCC1CCN(Cc2ccnc3nc(-c4ccccc4)[nH]c23)C1. The standard InChI is InChI=1S/C20H24N4/c1-2-6-15-10-12-24(13-15)14-17-9-11-21-20-18(17)22-19(23-20)16-7-4-3-5-8-16/h3-5,7-9,11,15H,2,6,10,12-14H2,1H3,(H,21,22,23). The Morgan fingerprint density at radius 1 is 1.21 bits per heavy atom. The number of fused-ring (bicyclic) bond motifs is 1. The van der Waals surface area contributed by atoms with E-state index in [2.05, 4.69) is 45.0 Å². The number of benzene rings is 1. The van der Waals surface area contributed by atoms with Gasteiger partial charge in [-0.25, -0.2) is 9.97 Å². The first kappa shape index (κ1) is 15.3. The van der Waals surface area contributed by atoms with Crippen molar-refractivity contribution in [3.8, 4) is 11.4 Å². The summed E-state index contributed by atoms with van der Waals surface area (Å²) >= 11 is 0. The summed E-state index contributed by atoms with van der Waals surface area (Å²) in [6.45, 7) is 5.69. The molecule has 1 atom stereocenters. The summed E-state index contributed by atoms with van der Waals surface area (Å²) in [6, 6.07) is 12.4. The summed E-state index contributed by atoms with van der Waals surface area (Å²) in [4.78, 5) is 15.2. The van der Waals surface area contributed by atoms with Gasteiger partial charge >= 0.3 is 0 Å². The van der Waals surface area contributed by atoms with Gasteiger partial charge in [0.05, 0.1) is 5.52 Å². The van der Waals surface area contributed by atoms with Gasteiger partial charge in [0, 0.05) is 24.8 Å². The van der Waals surface area contributed by atoms with Crippen molar-refractivity contribution < 1.29 is 0 Å². The van der Waals surface area contributed by atoms with Crippen LogP contribution in [0.5, 0.6) is 0 Å². The second kappa shape index (κ2) is 6.73. The van der Waals surface area contributed by atoms with Crippen molar-refractivity contribution in [3.05, 3.63) is 48.2 Å². The van der Waals surface area contributed by atoms with E-state index in [9.17, 15) is 0 Å². The van der Waals surface area contributed by atoms with Crippen LogP contribution < -0.4 is 0 Å². The summed E-state index contributed by atoms with van der Waals surface area (Å²) in [7, 11) is 0. The van der Waals surface area contributed by atoms with E-state index in [0.717, 1.165) is 35.0 Å². The second-order valence-corrected chi connectivity index (χ2v) is 6.80. The molecule has 1 fully saturated rings. The van der Waals surface area contributed by atoms with Crippen LogP contribution in [0.3, 0.4) is 0 Å². The van der Waals surface area contributed by atoms with Crippen molar-refractivity contribution in [1.29, 1.82) is 0 Å². The summed E-state index contributed by atoms with van der Waals surface area (Å²) in [5, 5.41) is 0. The van der Waals surface area contributed by atoms with Crippen LogP contribution in [0.25, 0.3) is 22.6 Å². The number of rotatable bonds is 5. The van der Waals surface area contributed by atoms with Crippen molar-refractivity contribution in [2.24, 2.45) is 5.92 Å². The molecule has 0 spiro atoms. The molecule has 0 aliphatic carbocycles. The number of imidazole rings is 1. The van der Waals surface area contributed by atoms with Crippen molar-refractivity contribution in [2.45, 2.75) is 32.7 Å². The van der Waals surface area contributed by atoms with Crippen LogP contribution in [-0.2, 0) is 6.54 Å². The van der Waals surface area contributed by atoms with E-state index in [4.69, 9.17) is 0 Å². The predicted octanol–water partition coefficient (Wildman–Crippen LogP) is 4.25. The quantitative estimate of drug-likeness (QED) is 0.764. The summed E-state index contributed by atoms with van der Waals surface area (Å²) in [5.41, 5.74) is 4.29. The van der Waals surface area contributed by atoms with Crippen LogP contribution >= 0.6 is 0 Å². The lowest BCUT2D eigenvalue weighted by molar-refractivity contribution is 0.314. The largest absolute Gasteiger partial charge is 0.336 e. The number of hydrogen-bond acceptors (Lipinski definition) is 3. The lowest BCUT2D eigenvalue weighted by atomic mass is 10.0. The fourth-order valence-electron chi connectivity index (χ4n) is 3.77. The zero-order valence-electron chi connectivity index (χ0n) is 14.2. The molecule has 1 aliphatic heterocycles. The zero-order valence-corrected chi connectivity index (χ0v) is 14.2. The molecule has 1 N–H and O–H groups in total. The monoisotopic (exact) mass is 320 g/mol. The molecule has 0 radical (unpaired) electrons. The van der Waals surface area contributed by atoms with Crippen LogP contribution in [0.4, 0.5) is 0 Å². The smallest absolute Gasteiger partial charge is 0.178 e. The van der Waals surface area contributed by atoms with Gasteiger partial charge in [-0.1, -0.05) is 43.7 Å². The highest BCUT2D eigenvalue weighted by atomic mass is 15.1. The summed E-state index contributed by atoms with van der Waals surface area (Å²) in [6.07, 6.45) is 5.86. The van der Waals surface area contributed by atoms with E-state index in [1.165, 1.54) is 37.9 Å². The van der Waals surface area contributed by atoms with E-state index in [-0.39, 0.29) is 0 Å². The van der Waals surface area contributed by atoms with Gasteiger partial charge in [0.2, 0.25) is 0 Å². The highest BCUT2D eigenvalue weighted by Crippen LogP contribution is 2.26. The van der Waals surface area contributed by atoms with Crippen LogP contribution in [-0.4, -0.2) is 32.9 Å². The van der Waals surface area contributed by atoms with E-state index < -0.39 is 0 Å². The Kier molecular flexibility index (Phi) is 4.30. The van der Waals surface area contributed by atoms with Crippen molar-refractivity contribution in [1.82, 2.24) is 19.9 Å². The molecule has 124 valence electrons. The molecular formula is C20H24N4. The number of nitrogens with one attached hydrogen (secondary N) is 1. The third-order valence-electron chi connectivity index (χ3n) is 4.99. The molecule has 0 saturated carbocycles. The maximum Gasteiger partial charge on any atom is 0.178 e. The highest BCUT2D eigenvalue weighted by Gasteiger charge is 2.22. The molecular weight excluding hydrogens is 296 g/mol. The Morgan fingerprint density at radius 3 is 2.92 bits per heavy atom. The Balaban J connectivity index is 1.59. The van der Waals surface area contributed by atoms with Crippen molar-refractivity contribution >= 4 is 11.2 Å². The topological polar surface area (TPSA) is 44.8 Å². The van der Waals surface area contributed by atoms with Crippen LogP contribution in [0, 0.1) is 5.92 Å². The van der Waals surface area contributed by atoms with Crippen LogP contribution in [0.1, 0.15) is 31.7 Å². The lowest BCUT2D eigenvalue weighted by Gasteiger charge is -2.16. The molecule has 4 heteroatoms. The van der Waals surface area contributed by atoms with Crippen molar-refractivity contribution in [3.63, 3.8) is 0 Å². The summed E-state index contributed by atoms with van der Waals surface area (Å²) in [5.74, 6) is 1.77. The van der Waals surface area contributed by atoms with Gasteiger partial charge in [-0.2, -0.15) is 0 Å². The number of H-pyrrole nitrogens is 1. The maximum absolute atomic E-state index is 4.68. The minimum absolute atomic E-state index is 0.815. The number of hydrogen-bond donors (Lipinski definition) is 1. The van der Waals surface area contributed by atoms with E-state index in [0.29, 0.717) is 0 Å². The molecule has 1 unspecified atom stereocenters. The van der Waals surface area contributed by atoms with Gasteiger partial charge in [-0.3, -0.25) is 4.90 Å². The second-order valence-electron chi connectivity index (χ2n) is 6.80. The van der Waals surface area contributed by atoms with Gasteiger partial charge in [-0.15, -0.1) is 0 Å². The first-order valence-corrected chi connectivity index (χ1v) is 8.95. The van der Waals surface area contributed by atoms with Crippen LogP contribution in [0.2, 0.25) is 0 Å². The van der Waals surface area contributed by atoms with Gasteiger partial charge in [-0.05, 0) is 36.9 Å². The third kappa shape index (κ3) is 3.06. The van der Waals surface area contributed by atoms with Gasteiger partial charge < -0.3 is 4.98 Å².